The third-order valence-corrected chi connectivity index (χ3v) is 13.2. The van der Waals surface area contributed by atoms with Crippen LogP contribution in [0.4, 0.5) is 0 Å². The monoisotopic (exact) mass is 626 g/mol. The van der Waals surface area contributed by atoms with E-state index < -0.39 is 0 Å². The molecule has 5 rings (SSSR count). The van der Waals surface area contributed by atoms with Crippen LogP contribution in [0.3, 0.4) is 0 Å². The third-order valence-electron chi connectivity index (χ3n) is 11.7. The van der Waals surface area contributed by atoms with Gasteiger partial charge in [0.05, 0.1) is 5.76 Å². The first-order valence-electron chi connectivity index (χ1n) is 14.8. The summed E-state index contributed by atoms with van der Waals surface area (Å²) in [6.07, 6.45) is 9.91. The molecule has 0 bridgehead atoms. The van der Waals surface area contributed by atoms with Crippen LogP contribution in [0, 0.1) is 46.3 Å². The maximum atomic E-state index is 12.4. The lowest BCUT2D eigenvalue weighted by Crippen LogP contribution is -2.59. The van der Waals surface area contributed by atoms with E-state index in [1.165, 1.54) is 41.9 Å². The van der Waals surface area contributed by atoms with Crippen LogP contribution < -0.4 is 0 Å². The van der Waals surface area contributed by atoms with Crippen molar-refractivity contribution in [2.24, 2.45) is 46.3 Å². The van der Waals surface area contributed by atoms with Crippen molar-refractivity contribution >= 4 is 34.5 Å². The van der Waals surface area contributed by atoms with E-state index in [2.05, 4.69) is 50.3 Å². The van der Waals surface area contributed by atoms with Crippen LogP contribution in [0.25, 0.3) is 0 Å². The number of fused-ring (bicyclic) bond motifs is 7. The van der Waals surface area contributed by atoms with Gasteiger partial charge in [-0.15, -0.1) is 0 Å². The minimum atomic E-state index is -0.158. The average molecular weight is 627 g/mol. The molecule has 0 unspecified atom stereocenters. The van der Waals surface area contributed by atoms with E-state index in [4.69, 9.17) is 14.2 Å². The Morgan fingerprint density at radius 1 is 1.05 bits per heavy atom. The van der Waals surface area contributed by atoms with Crippen LogP contribution in [0.2, 0.25) is 0 Å². The minimum absolute atomic E-state index is 0.0608. The molecular weight excluding hydrogens is 579 g/mol. The zero-order valence-corrected chi connectivity index (χ0v) is 25.8. The molecule has 0 aromatic heterocycles. The third kappa shape index (κ3) is 4.67. The predicted octanol–water partition coefficient (Wildman–Crippen LogP) is 7.25. The fourth-order valence-electron chi connectivity index (χ4n) is 9.90. The Kier molecular flexibility index (Phi) is 7.74. The van der Waals surface area contributed by atoms with Crippen LogP contribution in [0.1, 0.15) is 99.3 Å². The summed E-state index contributed by atoms with van der Waals surface area (Å²) in [6.45, 7) is 12.7. The summed E-state index contributed by atoms with van der Waals surface area (Å²) in [4.78, 5) is 24.1. The van der Waals surface area contributed by atoms with Crippen molar-refractivity contribution in [3.05, 3.63) is 11.3 Å². The lowest BCUT2D eigenvalue weighted by molar-refractivity contribution is -0.193. The second-order valence-corrected chi connectivity index (χ2v) is 14.5. The predicted molar refractivity (Wildman–Crippen MR) is 152 cm³/mol. The number of allylic oxidation sites excluding steroid dienone is 1. The quantitative estimate of drug-likeness (QED) is 0.177. The molecule has 208 valence electrons. The largest absolute Gasteiger partial charge is 0.494 e. The zero-order valence-electron chi connectivity index (χ0n) is 23.7. The highest BCUT2D eigenvalue weighted by Crippen LogP contribution is 2.70. The standard InChI is InChI=1S/C31H47IO5/c1-17(16-32)7-10-26-18(2)29-27(37-26)14-25-23-9-8-21-13-22(35-19(3)33)11-12-30(21,5)24(23)15-28(31(25,29)6)36-20(4)34/h17,21-25,27-29H,7-16H2,1-6H3/t17-,21+,22+,23-,24+,25+,27+,28-,29+,30+,31-/m1/s1. The highest BCUT2D eigenvalue weighted by molar-refractivity contribution is 14.1. The Morgan fingerprint density at radius 2 is 1.78 bits per heavy atom. The van der Waals surface area contributed by atoms with Crippen molar-refractivity contribution in [2.75, 3.05) is 4.43 Å². The first-order chi connectivity index (χ1) is 17.5. The van der Waals surface area contributed by atoms with Crippen molar-refractivity contribution in [1.29, 1.82) is 0 Å². The fourth-order valence-corrected chi connectivity index (χ4v) is 10.3. The topological polar surface area (TPSA) is 61.8 Å². The smallest absolute Gasteiger partial charge is 0.302 e. The van der Waals surface area contributed by atoms with Gasteiger partial charge in [0.2, 0.25) is 0 Å². The molecule has 4 aliphatic carbocycles. The number of carbonyl (C=O) groups is 2. The van der Waals surface area contributed by atoms with Crippen molar-refractivity contribution in [3.8, 4) is 0 Å². The number of carbonyl (C=O) groups excluding carboxylic acids is 2. The van der Waals surface area contributed by atoms with Gasteiger partial charge in [-0.3, -0.25) is 9.59 Å². The molecule has 0 saturated heterocycles. The second-order valence-electron chi connectivity index (χ2n) is 13.6. The van der Waals surface area contributed by atoms with Gasteiger partial charge >= 0.3 is 11.9 Å². The van der Waals surface area contributed by atoms with Gasteiger partial charge in [-0.05, 0) is 98.9 Å². The molecule has 0 N–H and O–H groups in total. The molecule has 0 aromatic carbocycles. The molecule has 37 heavy (non-hydrogen) atoms. The molecule has 11 atom stereocenters. The Morgan fingerprint density at radius 3 is 2.46 bits per heavy atom. The molecule has 1 aliphatic heterocycles. The highest BCUT2D eigenvalue weighted by atomic mass is 127. The maximum Gasteiger partial charge on any atom is 0.302 e. The van der Waals surface area contributed by atoms with Crippen molar-refractivity contribution in [1.82, 2.24) is 0 Å². The molecule has 0 radical (unpaired) electrons. The second kappa shape index (κ2) is 10.3. The number of hydrogen-bond donors (Lipinski definition) is 0. The molecular formula is C31H47IO5. The van der Waals surface area contributed by atoms with Crippen LogP contribution in [0.5, 0.6) is 0 Å². The van der Waals surface area contributed by atoms with E-state index in [1.807, 2.05) is 0 Å². The molecule has 1 heterocycles. The molecule has 0 amide bonds. The van der Waals surface area contributed by atoms with Crippen LogP contribution in [-0.4, -0.2) is 34.7 Å². The van der Waals surface area contributed by atoms with Crippen molar-refractivity contribution < 1.29 is 23.8 Å². The van der Waals surface area contributed by atoms with E-state index in [-0.39, 0.29) is 41.1 Å². The van der Waals surface area contributed by atoms with Gasteiger partial charge in [0, 0.05) is 36.0 Å². The van der Waals surface area contributed by atoms with Gasteiger partial charge in [-0.2, -0.15) is 0 Å². The molecule has 4 fully saturated rings. The Bertz CT molecular complexity index is 946. The van der Waals surface area contributed by atoms with E-state index in [0.717, 1.165) is 38.5 Å². The summed E-state index contributed by atoms with van der Waals surface area (Å²) >= 11 is 2.48. The lowest BCUT2D eigenvalue weighted by Gasteiger charge is -2.62. The van der Waals surface area contributed by atoms with Crippen LogP contribution >= 0.6 is 22.6 Å². The molecule has 0 aromatic rings. The SMILES string of the molecule is CC(=O)O[C@H]1CC[C@@]2(C)[C@@H](CC[C@@H]3[C@@H]2C[C@@H](OC(C)=O)[C@@]2(C)[C@H]3C[C@@H]3OC(CC[C@@H](C)CI)=C(C)[C@@H]32)C1. The number of rotatable bonds is 6. The van der Waals surface area contributed by atoms with Gasteiger partial charge in [0.1, 0.15) is 18.3 Å². The summed E-state index contributed by atoms with van der Waals surface area (Å²) in [7, 11) is 0. The lowest BCUT2D eigenvalue weighted by atomic mass is 9.44. The van der Waals surface area contributed by atoms with E-state index in [0.29, 0.717) is 35.5 Å². The molecule has 0 spiro atoms. The van der Waals surface area contributed by atoms with Crippen LogP contribution in [0.15, 0.2) is 11.3 Å². The van der Waals surface area contributed by atoms with Gasteiger partial charge in [-0.1, -0.05) is 43.4 Å². The number of esters is 2. The van der Waals surface area contributed by atoms with Crippen molar-refractivity contribution in [2.45, 2.75) is 118 Å². The Balaban J connectivity index is 1.43. The Hall–Kier alpha value is -0.790. The van der Waals surface area contributed by atoms with E-state index >= 15 is 0 Å². The average Bonchev–Trinajstić information content (AvgIpc) is 3.31. The first kappa shape index (κ1) is 27.8. The van der Waals surface area contributed by atoms with Gasteiger partial charge < -0.3 is 14.2 Å². The normalized spacial score (nSPS) is 45.2. The van der Waals surface area contributed by atoms with E-state index in [1.54, 1.807) is 6.92 Å². The highest BCUT2D eigenvalue weighted by Gasteiger charge is 2.68. The van der Waals surface area contributed by atoms with E-state index in [9.17, 15) is 9.59 Å². The minimum Gasteiger partial charge on any atom is -0.494 e. The van der Waals surface area contributed by atoms with Gasteiger partial charge in [0.15, 0.2) is 0 Å². The maximum absolute atomic E-state index is 12.4. The van der Waals surface area contributed by atoms with Crippen LogP contribution in [-0.2, 0) is 23.8 Å². The van der Waals surface area contributed by atoms with Gasteiger partial charge in [-0.25, -0.2) is 0 Å². The molecule has 5 aliphatic rings. The van der Waals surface area contributed by atoms with Gasteiger partial charge in [0.25, 0.3) is 0 Å². The molecule has 5 nitrogen and oxygen atoms in total. The molecule has 4 saturated carbocycles. The first-order valence-corrected chi connectivity index (χ1v) is 16.3. The number of ether oxygens (including phenoxy) is 3. The summed E-state index contributed by atoms with van der Waals surface area (Å²) in [5.41, 5.74) is 1.56. The summed E-state index contributed by atoms with van der Waals surface area (Å²) < 4.78 is 19.9. The number of alkyl halides is 1. The summed E-state index contributed by atoms with van der Waals surface area (Å²) in [5, 5.41) is 0. The zero-order chi connectivity index (χ0) is 26.7. The number of halogens is 1. The fraction of sp³-hybridized carbons (Fsp3) is 0.871. The number of hydrogen-bond acceptors (Lipinski definition) is 5. The summed E-state index contributed by atoms with van der Waals surface area (Å²) in [6, 6.07) is 0. The molecule has 6 heteroatoms. The summed E-state index contributed by atoms with van der Waals surface area (Å²) in [5.74, 6) is 4.22. The Labute approximate surface area is 237 Å². The van der Waals surface area contributed by atoms with Crippen molar-refractivity contribution in [3.63, 3.8) is 0 Å².